The Labute approximate surface area is 132 Å². The molecule has 1 aromatic carbocycles. The highest BCUT2D eigenvalue weighted by molar-refractivity contribution is 7.98. The third-order valence-electron chi connectivity index (χ3n) is 3.27. The van der Waals surface area contributed by atoms with Crippen molar-refractivity contribution >= 4 is 11.8 Å². The zero-order chi connectivity index (χ0) is 15.5. The van der Waals surface area contributed by atoms with Gasteiger partial charge >= 0.3 is 0 Å². The van der Waals surface area contributed by atoms with Gasteiger partial charge < -0.3 is 14.2 Å². The van der Waals surface area contributed by atoms with E-state index in [1.54, 1.807) is 6.20 Å². The lowest BCUT2D eigenvalue weighted by molar-refractivity contribution is 0.271. The summed E-state index contributed by atoms with van der Waals surface area (Å²) in [5.41, 5.74) is 2.87. The summed E-state index contributed by atoms with van der Waals surface area (Å²) < 4.78 is 7.14. The van der Waals surface area contributed by atoms with Crippen LogP contribution in [0.3, 0.4) is 0 Å². The van der Waals surface area contributed by atoms with E-state index in [1.165, 1.54) is 11.8 Å². The molecule has 0 saturated carbocycles. The molecule has 7 heteroatoms. The fourth-order valence-corrected chi connectivity index (χ4v) is 2.86. The van der Waals surface area contributed by atoms with Crippen molar-refractivity contribution in [3.8, 4) is 11.4 Å². The Balaban J connectivity index is 1.70. The Bertz CT molecular complexity index is 781. The number of hydrogen-bond donors (Lipinski definition) is 1. The van der Waals surface area contributed by atoms with Crippen LogP contribution in [0.25, 0.3) is 11.4 Å². The van der Waals surface area contributed by atoms with Crippen molar-refractivity contribution in [2.45, 2.75) is 24.4 Å². The zero-order valence-corrected chi connectivity index (χ0v) is 13.2. The van der Waals surface area contributed by atoms with Gasteiger partial charge in [-0.2, -0.15) is 4.98 Å². The smallest absolute Gasteiger partial charge is 0.237 e. The summed E-state index contributed by atoms with van der Waals surface area (Å²) in [5, 5.41) is 14.0. The second-order valence-electron chi connectivity index (χ2n) is 4.92. The van der Waals surface area contributed by atoms with Gasteiger partial charge in [0.05, 0.1) is 24.3 Å². The molecule has 0 atom stereocenters. The number of hydrogen-bond acceptors (Lipinski definition) is 6. The van der Waals surface area contributed by atoms with Gasteiger partial charge in [0.25, 0.3) is 0 Å². The highest BCUT2D eigenvalue weighted by atomic mass is 32.2. The van der Waals surface area contributed by atoms with Crippen LogP contribution >= 0.6 is 11.8 Å². The van der Waals surface area contributed by atoms with Gasteiger partial charge in [0, 0.05) is 12.6 Å². The van der Waals surface area contributed by atoms with Crippen LogP contribution in [-0.4, -0.2) is 24.8 Å². The quantitative estimate of drug-likeness (QED) is 0.729. The number of thioether (sulfide) groups is 1. The third kappa shape index (κ3) is 3.05. The summed E-state index contributed by atoms with van der Waals surface area (Å²) >= 11 is 1.49. The normalized spacial score (nSPS) is 11.0. The topological polar surface area (TPSA) is 77.0 Å². The first-order valence-electron chi connectivity index (χ1n) is 6.81. The van der Waals surface area contributed by atoms with Crippen molar-refractivity contribution in [2.75, 3.05) is 0 Å². The molecule has 2 heterocycles. The minimum Gasteiger partial charge on any atom is -0.390 e. The molecule has 0 fully saturated rings. The molecule has 0 spiro atoms. The second-order valence-corrected chi connectivity index (χ2v) is 5.86. The highest BCUT2D eigenvalue weighted by Gasteiger charge is 2.11. The number of rotatable bonds is 5. The minimum absolute atomic E-state index is 0.0257. The fourth-order valence-electron chi connectivity index (χ4n) is 2.05. The van der Waals surface area contributed by atoms with E-state index < -0.39 is 0 Å². The van der Waals surface area contributed by atoms with E-state index >= 15 is 0 Å². The average molecular weight is 316 g/mol. The molecule has 3 aromatic rings. The van der Waals surface area contributed by atoms with Gasteiger partial charge in [0.1, 0.15) is 0 Å². The van der Waals surface area contributed by atoms with Crippen LogP contribution in [0.5, 0.6) is 0 Å². The number of aliphatic hydroxyl groups excluding tert-OH is 1. The Morgan fingerprint density at radius 3 is 2.95 bits per heavy atom. The summed E-state index contributed by atoms with van der Waals surface area (Å²) in [6, 6.07) is 7.98. The first kappa shape index (κ1) is 14.8. The molecule has 114 valence electrons. The van der Waals surface area contributed by atoms with Crippen LogP contribution in [0.15, 0.2) is 40.1 Å². The Morgan fingerprint density at radius 1 is 1.36 bits per heavy atom. The lowest BCUT2D eigenvalue weighted by atomic mass is 10.1. The first-order chi connectivity index (χ1) is 10.7. The van der Waals surface area contributed by atoms with Crippen LogP contribution in [0.2, 0.25) is 0 Å². The van der Waals surface area contributed by atoms with Gasteiger partial charge in [-0.1, -0.05) is 40.7 Å². The van der Waals surface area contributed by atoms with Crippen molar-refractivity contribution < 1.29 is 9.63 Å². The molecule has 22 heavy (non-hydrogen) atoms. The van der Waals surface area contributed by atoms with Gasteiger partial charge in [-0.3, -0.25) is 0 Å². The van der Waals surface area contributed by atoms with E-state index in [9.17, 15) is 0 Å². The van der Waals surface area contributed by atoms with Crippen molar-refractivity contribution in [2.24, 2.45) is 7.05 Å². The minimum atomic E-state index is -0.0257. The molecule has 0 radical (unpaired) electrons. The maximum atomic E-state index is 9.16. The molecular weight excluding hydrogens is 300 g/mol. The van der Waals surface area contributed by atoms with Crippen molar-refractivity contribution in [3.05, 3.63) is 47.6 Å². The Kier molecular flexibility index (Phi) is 4.26. The monoisotopic (exact) mass is 316 g/mol. The predicted octanol–water partition coefficient (Wildman–Crippen LogP) is 2.56. The summed E-state index contributed by atoms with van der Waals surface area (Å²) in [5.74, 6) is 1.68. The van der Waals surface area contributed by atoms with Crippen molar-refractivity contribution in [1.82, 2.24) is 19.7 Å². The molecule has 0 unspecified atom stereocenters. The summed E-state index contributed by atoms with van der Waals surface area (Å²) in [7, 11) is 1.87. The van der Waals surface area contributed by atoms with Crippen LogP contribution in [0, 0.1) is 6.92 Å². The number of aryl methyl sites for hydroxylation is 1. The maximum Gasteiger partial charge on any atom is 0.237 e. The molecule has 0 saturated heterocycles. The predicted molar refractivity (Wildman–Crippen MR) is 83.2 cm³/mol. The third-order valence-corrected chi connectivity index (χ3v) is 4.30. The molecule has 0 aliphatic rings. The SMILES string of the molecule is Cc1cccc(-c2noc(CSc3ncc(CO)n3C)n2)c1. The van der Waals surface area contributed by atoms with Gasteiger partial charge in [0.2, 0.25) is 11.7 Å². The number of nitrogens with zero attached hydrogens (tertiary/aromatic N) is 4. The van der Waals surface area contributed by atoms with Gasteiger partial charge in [0.15, 0.2) is 5.16 Å². The summed E-state index contributed by atoms with van der Waals surface area (Å²) in [6.45, 7) is 2.00. The van der Waals surface area contributed by atoms with E-state index in [2.05, 4.69) is 15.1 Å². The molecule has 2 aromatic heterocycles. The lowest BCUT2D eigenvalue weighted by Crippen LogP contribution is -1.97. The van der Waals surface area contributed by atoms with E-state index in [-0.39, 0.29) is 6.61 Å². The lowest BCUT2D eigenvalue weighted by Gasteiger charge is -2.01. The van der Waals surface area contributed by atoms with Gasteiger partial charge in [-0.25, -0.2) is 4.98 Å². The van der Waals surface area contributed by atoms with Crippen molar-refractivity contribution in [1.29, 1.82) is 0 Å². The Hall–Kier alpha value is -2.12. The van der Waals surface area contributed by atoms with E-state index in [0.717, 1.165) is 22.0 Å². The van der Waals surface area contributed by atoms with Crippen LogP contribution in [0.4, 0.5) is 0 Å². The number of aromatic nitrogens is 4. The summed E-state index contributed by atoms with van der Waals surface area (Å²) in [4.78, 5) is 8.66. The molecule has 3 rings (SSSR count). The average Bonchev–Trinajstić information content (AvgIpc) is 3.12. The molecule has 1 N–H and O–H groups in total. The number of aliphatic hydroxyl groups is 1. The van der Waals surface area contributed by atoms with E-state index in [4.69, 9.17) is 9.63 Å². The highest BCUT2D eigenvalue weighted by Crippen LogP contribution is 2.23. The van der Waals surface area contributed by atoms with Crippen molar-refractivity contribution in [3.63, 3.8) is 0 Å². The molecule has 0 bridgehead atoms. The van der Waals surface area contributed by atoms with Crippen LogP contribution in [0.1, 0.15) is 17.1 Å². The van der Waals surface area contributed by atoms with Gasteiger partial charge in [-0.05, 0) is 13.0 Å². The standard InChI is InChI=1S/C15H16N4O2S/c1-10-4-3-5-11(6-10)14-17-13(21-18-14)9-22-15-16-7-12(8-20)19(15)2/h3-7,20H,8-9H2,1-2H3. The Morgan fingerprint density at radius 2 is 2.23 bits per heavy atom. The first-order valence-corrected chi connectivity index (χ1v) is 7.80. The molecule has 0 aliphatic heterocycles. The van der Waals surface area contributed by atoms with E-state index in [0.29, 0.717) is 17.5 Å². The van der Waals surface area contributed by atoms with Crippen LogP contribution < -0.4 is 0 Å². The van der Waals surface area contributed by atoms with Crippen LogP contribution in [-0.2, 0) is 19.4 Å². The molecule has 0 amide bonds. The summed E-state index contributed by atoms with van der Waals surface area (Å²) in [6.07, 6.45) is 1.66. The number of imidazole rings is 1. The maximum absolute atomic E-state index is 9.16. The second kappa shape index (κ2) is 6.33. The molecule has 0 aliphatic carbocycles. The molecule has 6 nitrogen and oxygen atoms in total. The van der Waals surface area contributed by atoms with Gasteiger partial charge in [-0.15, -0.1) is 0 Å². The zero-order valence-electron chi connectivity index (χ0n) is 12.4. The van der Waals surface area contributed by atoms with E-state index in [1.807, 2.05) is 42.8 Å². The fraction of sp³-hybridized carbons (Fsp3) is 0.267. The largest absolute Gasteiger partial charge is 0.390 e. The molecular formula is C15H16N4O2S. The number of benzene rings is 1.